The zero-order valence-corrected chi connectivity index (χ0v) is 13.2. The maximum absolute atomic E-state index is 6.19. The minimum atomic E-state index is 0.0981. The minimum absolute atomic E-state index is 0.0981. The standard InChI is InChI=1S/C17H26N4/c1-3-20(4-2)9-10-21-16(18)19-13-17(21)11-14-7-5-6-8-15(14)12-17/h5-8H,3-4,9-13H2,1-2H3,(H2,18,19). The molecule has 21 heavy (non-hydrogen) atoms. The van der Waals surface area contributed by atoms with E-state index in [0.29, 0.717) is 0 Å². The maximum Gasteiger partial charge on any atom is 0.191 e. The van der Waals surface area contributed by atoms with E-state index in [9.17, 15) is 0 Å². The molecule has 0 radical (unpaired) electrons. The molecule has 0 aromatic heterocycles. The summed E-state index contributed by atoms with van der Waals surface area (Å²) in [5, 5.41) is 0. The molecule has 2 N–H and O–H groups in total. The van der Waals surface area contributed by atoms with Crippen molar-refractivity contribution in [3.05, 3.63) is 35.4 Å². The van der Waals surface area contributed by atoms with Crippen LogP contribution in [0.1, 0.15) is 25.0 Å². The largest absolute Gasteiger partial charge is 0.370 e. The van der Waals surface area contributed by atoms with E-state index < -0.39 is 0 Å². The van der Waals surface area contributed by atoms with Gasteiger partial charge in [0.1, 0.15) is 0 Å². The fourth-order valence-corrected chi connectivity index (χ4v) is 3.75. The lowest BCUT2D eigenvalue weighted by Gasteiger charge is -2.37. The molecule has 4 nitrogen and oxygen atoms in total. The highest BCUT2D eigenvalue weighted by Gasteiger charge is 2.46. The number of rotatable bonds is 5. The molecule has 0 unspecified atom stereocenters. The van der Waals surface area contributed by atoms with Crippen LogP contribution >= 0.6 is 0 Å². The average Bonchev–Trinajstić information content (AvgIpc) is 3.02. The topological polar surface area (TPSA) is 44.9 Å². The quantitative estimate of drug-likeness (QED) is 0.892. The first kappa shape index (κ1) is 14.4. The zero-order chi connectivity index (χ0) is 14.9. The van der Waals surface area contributed by atoms with Crippen LogP contribution in [0.15, 0.2) is 29.3 Å². The Morgan fingerprint density at radius 1 is 1.19 bits per heavy atom. The van der Waals surface area contributed by atoms with Gasteiger partial charge in [0.25, 0.3) is 0 Å². The van der Waals surface area contributed by atoms with Crippen molar-refractivity contribution in [3.63, 3.8) is 0 Å². The molecule has 0 atom stereocenters. The smallest absolute Gasteiger partial charge is 0.191 e. The van der Waals surface area contributed by atoms with E-state index in [-0.39, 0.29) is 5.54 Å². The first-order chi connectivity index (χ1) is 10.2. The molecule has 1 heterocycles. The molecule has 3 rings (SSSR count). The third-order valence-electron chi connectivity index (χ3n) is 5.08. The number of aliphatic imine (C=N–C) groups is 1. The number of guanidine groups is 1. The second kappa shape index (κ2) is 5.68. The van der Waals surface area contributed by atoms with Crippen LogP contribution in [-0.4, -0.2) is 54.0 Å². The number of likely N-dealkylation sites (N-methyl/N-ethyl adjacent to an activating group) is 1. The summed E-state index contributed by atoms with van der Waals surface area (Å²) in [7, 11) is 0. The highest BCUT2D eigenvalue weighted by atomic mass is 15.4. The number of fused-ring (bicyclic) bond motifs is 1. The Morgan fingerprint density at radius 3 is 2.38 bits per heavy atom. The molecule has 1 aromatic carbocycles. The fraction of sp³-hybridized carbons (Fsp3) is 0.588. The van der Waals surface area contributed by atoms with Gasteiger partial charge in [-0.3, -0.25) is 4.99 Å². The van der Waals surface area contributed by atoms with E-state index in [1.165, 1.54) is 11.1 Å². The lowest BCUT2D eigenvalue weighted by atomic mass is 9.94. The molecule has 2 aliphatic rings. The van der Waals surface area contributed by atoms with Gasteiger partial charge in [-0.25, -0.2) is 0 Å². The maximum atomic E-state index is 6.19. The molecule has 1 aromatic rings. The third kappa shape index (κ3) is 2.53. The van der Waals surface area contributed by atoms with E-state index in [4.69, 9.17) is 5.73 Å². The van der Waals surface area contributed by atoms with Gasteiger partial charge >= 0.3 is 0 Å². The van der Waals surface area contributed by atoms with Crippen molar-refractivity contribution in [3.8, 4) is 0 Å². The molecule has 1 spiro atoms. The van der Waals surface area contributed by atoms with E-state index >= 15 is 0 Å². The fourth-order valence-electron chi connectivity index (χ4n) is 3.75. The van der Waals surface area contributed by atoms with Gasteiger partial charge in [0.05, 0.1) is 12.1 Å². The summed E-state index contributed by atoms with van der Waals surface area (Å²) in [6.45, 7) is 9.49. The Morgan fingerprint density at radius 2 is 1.81 bits per heavy atom. The summed E-state index contributed by atoms with van der Waals surface area (Å²) < 4.78 is 0. The molecule has 0 fully saturated rings. The van der Waals surface area contributed by atoms with Gasteiger partial charge in [-0.05, 0) is 37.1 Å². The lowest BCUT2D eigenvalue weighted by Crippen LogP contribution is -2.54. The number of hydrogen-bond acceptors (Lipinski definition) is 4. The Labute approximate surface area is 127 Å². The third-order valence-corrected chi connectivity index (χ3v) is 5.08. The lowest BCUT2D eigenvalue weighted by molar-refractivity contribution is 0.180. The SMILES string of the molecule is CCN(CC)CCN1C(N)=NCC12Cc1ccccc1C2. The Bertz CT molecular complexity index is 508. The van der Waals surface area contributed by atoms with Crippen LogP contribution in [0.4, 0.5) is 0 Å². The zero-order valence-electron chi connectivity index (χ0n) is 13.2. The first-order valence-electron chi connectivity index (χ1n) is 8.05. The van der Waals surface area contributed by atoms with Crippen molar-refractivity contribution in [1.29, 1.82) is 0 Å². The van der Waals surface area contributed by atoms with Crippen molar-refractivity contribution >= 4 is 5.96 Å². The van der Waals surface area contributed by atoms with Crippen LogP contribution in [0, 0.1) is 0 Å². The van der Waals surface area contributed by atoms with Crippen LogP contribution in [0.5, 0.6) is 0 Å². The molecule has 1 aliphatic carbocycles. The normalized spacial score (nSPS) is 19.4. The van der Waals surface area contributed by atoms with Crippen LogP contribution < -0.4 is 5.73 Å². The second-order valence-electron chi connectivity index (χ2n) is 6.20. The molecular weight excluding hydrogens is 260 g/mol. The van der Waals surface area contributed by atoms with Gasteiger partial charge in [-0.2, -0.15) is 0 Å². The molecule has 1 aliphatic heterocycles. The van der Waals surface area contributed by atoms with Gasteiger partial charge in [0.2, 0.25) is 0 Å². The van der Waals surface area contributed by atoms with Crippen molar-refractivity contribution in [1.82, 2.24) is 9.80 Å². The number of benzene rings is 1. The van der Waals surface area contributed by atoms with Gasteiger partial charge in [0.15, 0.2) is 5.96 Å². The number of nitrogens with two attached hydrogens (primary N) is 1. The summed E-state index contributed by atoms with van der Waals surface area (Å²) in [6, 6.07) is 8.77. The molecule has 4 heteroatoms. The van der Waals surface area contributed by atoms with Crippen molar-refractivity contribution < 1.29 is 0 Å². The van der Waals surface area contributed by atoms with Crippen molar-refractivity contribution in [2.45, 2.75) is 32.2 Å². The number of hydrogen-bond donors (Lipinski definition) is 1. The van der Waals surface area contributed by atoms with Crippen LogP contribution in [0.3, 0.4) is 0 Å². The summed E-state index contributed by atoms with van der Waals surface area (Å²) in [6.07, 6.45) is 2.15. The van der Waals surface area contributed by atoms with Crippen molar-refractivity contribution in [2.75, 3.05) is 32.7 Å². The van der Waals surface area contributed by atoms with Gasteiger partial charge < -0.3 is 15.5 Å². The predicted molar refractivity (Wildman–Crippen MR) is 87.6 cm³/mol. The van der Waals surface area contributed by atoms with E-state index in [0.717, 1.165) is 51.5 Å². The molecule has 0 bridgehead atoms. The molecule has 0 saturated heterocycles. The van der Waals surface area contributed by atoms with E-state index in [1.807, 2.05) is 0 Å². The predicted octanol–water partition coefficient (Wildman–Crippen LogP) is 1.50. The molecular formula is C17H26N4. The van der Waals surface area contributed by atoms with Crippen LogP contribution in [-0.2, 0) is 12.8 Å². The second-order valence-corrected chi connectivity index (χ2v) is 6.20. The number of nitrogens with zero attached hydrogens (tertiary/aromatic N) is 3. The van der Waals surface area contributed by atoms with E-state index in [1.54, 1.807) is 0 Å². The summed E-state index contributed by atoms with van der Waals surface area (Å²) in [5.74, 6) is 0.731. The minimum Gasteiger partial charge on any atom is -0.370 e. The summed E-state index contributed by atoms with van der Waals surface area (Å²) >= 11 is 0. The molecule has 0 amide bonds. The summed E-state index contributed by atoms with van der Waals surface area (Å²) in [5.41, 5.74) is 9.23. The average molecular weight is 286 g/mol. The first-order valence-corrected chi connectivity index (χ1v) is 8.05. The Balaban J connectivity index is 1.74. The monoisotopic (exact) mass is 286 g/mol. The Kier molecular flexibility index (Phi) is 3.89. The summed E-state index contributed by atoms with van der Waals surface area (Å²) in [4.78, 5) is 9.38. The van der Waals surface area contributed by atoms with Gasteiger partial charge in [-0.1, -0.05) is 38.1 Å². The highest BCUT2D eigenvalue weighted by Crippen LogP contribution is 2.37. The highest BCUT2D eigenvalue weighted by molar-refractivity contribution is 5.81. The van der Waals surface area contributed by atoms with Gasteiger partial charge in [0, 0.05) is 13.1 Å². The molecule has 114 valence electrons. The van der Waals surface area contributed by atoms with Crippen LogP contribution in [0.2, 0.25) is 0 Å². The Hall–Kier alpha value is -1.55. The van der Waals surface area contributed by atoms with E-state index in [2.05, 4.69) is 52.9 Å². The molecule has 0 saturated carbocycles. The van der Waals surface area contributed by atoms with Crippen molar-refractivity contribution in [2.24, 2.45) is 10.7 Å². The van der Waals surface area contributed by atoms with Crippen LogP contribution in [0.25, 0.3) is 0 Å². The van der Waals surface area contributed by atoms with Gasteiger partial charge in [-0.15, -0.1) is 0 Å².